The Kier molecular flexibility index (Phi) is 5.28. The molecule has 0 N–H and O–H groups in total. The van der Waals surface area contributed by atoms with Crippen LogP contribution in [0.1, 0.15) is 64.5 Å². The summed E-state index contributed by atoms with van der Waals surface area (Å²) in [5.41, 5.74) is 5.22. The fraction of sp³-hybridized carbons (Fsp3) is 0.429. The molecule has 2 aromatic rings. The van der Waals surface area contributed by atoms with Crippen LogP contribution in [0.15, 0.2) is 42.5 Å². The molecular weight excluding hydrogens is 268 g/mol. The van der Waals surface area contributed by atoms with Gasteiger partial charge < -0.3 is 4.74 Å². The van der Waals surface area contributed by atoms with Gasteiger partial charge in [0.2, 0.25) is 0 Å². The average molecular weight is 296 g/mol. The minimum absolute atomic E-state index is 0.180. The highest BCUT2D eigenvalue weighted by Gasteiger charge is 2.12. The maximum absolute atomic E-state index is 6.00. The first-order valence-corrected chi connectivity index (χ1v) is 8.29. The lowest BCUT2D eigenvalue weighted by Gasteiger charge is -2.18. The zero-order chi connectivity index (χ0) is 16.3. The van der Waals surface area contributed by atoms with E-state index in [0.717, 1.165) is 5.75 Å². The Morgan fingerprint density at radius 2 is 1.27 bits per heavy atom. The molecular formula is C21H28O. The van der Waals surface area contributed by atoms with E-state index >= 15 is 0 Å². The van der Waals surface area contributed by atoms with Crippen molar-refractivity contribution >= 4 is 0 Å². The minimum atomic E-state index is 0.180. The summed E-state index contributed by atoms with van der Waals surface area (Å²) in [6.07, 6.45) is 0.180. The van der Waals surface area contributed by atoms with E-state index in [0.29, 0.717) is 11.8 Å². The van der Waals surface area contributed by atoms with Gasteiger partial charge in [0.1, 0.15) is 5.75 Å². The smallest absolute Gasteiger partial charge is 0.127 e. The summed E-state index contributed by atoms with van der Waals surface area (Å²) in [5, 5.41) is 0. The van der Waals surface area contributed by atoms with Crippen molar-refractivity contribution in [2.45, 2.75) is 59.5 Å². The van der Waals surface area contributed by atoms with Crippen molar-refractivity contribution in [3.63, 3.8) is 0 Å². The summed E-state index contributed by atoms with van der Waals surface area (Å²) in [5.74, 6) is 2.01. The van der Waals surface area contributed by atoms with E-state index in [1.165, 1.54) is 22.3 Å². The third-order valence-electron chi connectivity index (χ3n) is 3.87. The van der Waals surface area contributed by atoms with E-state index < -0.39 is 0 Å². The Labute approximate surface area is 135 Å². The molecule has 0 aliphatic heterocycles. The van der Waals surface area contributed by atoms with E-state index in [4.69, 9.17) is 4.74 Å². The highest BCUT2D eigenvalue weighted by Crippen LogP contribution is 2.34. The van der Waals surface area contributed by atoms with Gasteiger partial charge >= 0.3 is 0 Å². The maximum Gasteiger partial charge on any atom is 0.127 e. The number of ether oxygens (including phenoxy) is 1. The second kappa shape index (κ2) is 7.00. The quantitative estimate of drug-likeness (QED) is 0.621. The van der Waals surface area contributed by atoms with Gasteiger partial charge in [-0.3, -0.25) is 0 Å². The highest BCUT2D eigenvalue weighted by molar-refractivity contribution is 5.72. The number of benzene rings is 2. The van der Waals surface area contributed by atoms with Crippen LogP contribution >= 0.6 is 0 Å². The first kappa shape index (κ1) is 16.6. The molecule has 0 heterocycles. The van der Waals surface area contributed by atoms with Crippen molar-refractivity contribution in [3.8, 4) is 16.9 Å². The largest absolute Gasteiger partial charge is 0.490 e. The molecule has 0 unspecified atom stereocenters. The van der Waals surface area contributed by atoms with Crippen LogP contribution in [-0.4, -0.2) is 6.10 Å². The van der Waals surface area contributed by atoms with Gasteiger partial charge in [0.25, 0.3) is 0 Å². The molecule has 118 valence electrons. The number of para-hydroxylation sites is 1. The predicted molar refractivity (Wildman–Crippen MR) is 95.8 cm³/mol. The van der Waals surface area contributed by atoms with Crippen LogP contribution in [0.25, 0.3) is 11.1 Å². The monoisotopic (exact) mass is 296 g/mol. The summed E-state index contributed by atoms with van der Waals surface area (Å²) in [4.78, 5) is 0. The zero-order valence-electron chi connectivity index (χ0n) is 14.7. The maximum atomic E-state index is 6.00. The highest BCUT2D eigenvalue weighted by atomic mass is 16.5. The molecule has 0 radical (unpaired) electrons. The Bertz CT molecular complexity index is 597. The lowest BCUT2D eigenvalue weighted by molar-refractivity contribution is 0.243. The lowest BCUT2D eigenvalue weighted by Crippen LogP contribution is -2.06. The molecule has 0 saturated heterocycles. The van der Waals surface area contributed by atoms with E-state index in [9.17, 15) is 0 Å². The van der Waals surface area contributed by atoms with Gasteiger partial charge in [0.15, 0.2) is 0 Å². The molecule has 0 aromatic heterocycles. The number of hydrogen-bond donors (Lipinski definition) is 0. The van der Waals surface area contributed by atoms with Gasteiger partial charge in [-0.2, -0.15) is 0 Å². The molecule has 0 fully saturated rings. The van der Waals surface area contributed by atoms with Crippen LogP contribution in [0, 0.1) is 0 Å². The Morgan fingerprint density at radius 3 is 1.77 bits per heavy atom. The fourth-order valence-corrected chi connectivity index (χ4v) is 2.56. The third-order valence-corrected chi connectivity index (χ3v) is 3.87. The summed E-state index contributed by atoms with van der Waals surface area (Å²) >= 11 is 0. The Balaban J connectivity index is 2.56. The van der Waals surface area contributed by atoms with Crippen molar-refractivity contribution in [2.24, 2.45) is 0 Å². The summed E-state index contributed by atoms with van der Waals surface area (Å²) in [6, 6.07) is 15.3. The molecule has 2 aromatic carbocycles. The molecule has 0 aliphatic rings. The second-order valence-corrected chi connectivity index (χ2v) is 6.86. The molecule has 1 heteroatoms. The van der Waals surface area contributed by atoms with Crippen LogP contribution in [0.2, 0.25) is 0 Å². The SMILES string of the molecule is CC(C)Oc1ccccc1-c1cc(C(C)C)cc(C(C)C)c1. The van der Waals surface area contributed by atoms with Crippen molar-refractivity contribution in [1.29, 1.82) is 0 Å². The first-order valence-electron chi connectivity index (χ1n) is 8.29. The molecule has 2 rings (SSSR count). The summed E-state index contributed by atoms with van der Waals surface area (Å²) in [6.45, 7) is 13.1. The Hall–Kier alpha value is -1.76. The zero-order valence-corrected chi connectivity index (χ0v) is 14.7. The van der Waals surface area contributed by atoms with Crippen LogP contribution in [0.4, 0.5) is 0 Å². The third kappa shape index (κ3) is 3.91. The minimum Gasteiger partial charge on any atom is -0.490 e. The molecule has 0 aliphatic carbocycles. The topological polar surface area (TPSA) is 9.23 Å². The predicted octanol–water partition coefficient (Wildman–Crippen LogP) is 6.39. The average Bonchev–Trinajstić information content (AvgIpc) is 2.46. The van der Waals surface area contributed by atoms with Crippen molar-refractivity contribution in [2.75, 3.05) is 0 Å². The molecule has 22 heavy (non-hydrogen) atoms. The normalized spacial score (nSPS) is 11.5. The summed E-state index contributed by atoms with van der Waals surface area (Å²) < 4.78 is 6.00. The molecule has 0 atom stereocenters. The molecule has 1 nitrogen and oxygen atoms in total. The van der Waals surface area contributed by atoms with Crippen LogP contribution in [-0.2, 0) is 0 Å². The van der Waals surface area contributed by atoms with Gasteiger partial charge in [0, 0.05) is 5.56 Å². The van der Waals surface area contributed by atoms with Crippen molar-refractivity contribution in [3.05, 3.63) is 53.6 Å². The molecule has 0 amide bonds. The van der Waals surface area contributed by atoms with Crippen LogP contribution in [0.3, 0.4) is 0 Å². The van der Waals surface area contributed by atoms with Gasteiger partial charge in [-0.1, -0.05) is 64.1 Å². The van der Waals surface area contributed by atoms with Crippen LogP contribution < -0.4 is 4.74 Å². The molecule has 0 saturated carbocycles. The van der Waals surface area contributed by atoms with Crippen molar-refractivity contribution in [1.82, 2.24) is 0 Å². The van der Waals surface area contributed by atoms with Crippen LogP contribution in [0.5, 0.6) is 5.75 Å². The van der Waals surface area contributed by atoms with E-state index in [1.54, 1.807) is 0 Å². The van der Waals surface area contributed by atoms with E-state index in [2.05, 4.69) is 77.9 Å². The Morgan fingerprint density at radius 1 is 0.727 bits per heavy atom. The molecule has 0 spiro atoms. The van der Waals surface area contributed by atoms with E-state index in [-0.39, 0.29) is 6.10 Å². The lowest BCUT2D eigenvalue weighted by atomic mass is 9.90. The molecule has 0 bridgehead atoms. The van der Waals surface area contributed by atoms with Gasteiger partial charge in [-0.15, -0.1) is 0 Å². The van der Waals surface area contributed by atoms with Gasteiger partial charge in [0.05, 0.1) is 6.10 Å². The second-order valence-electron chi connectivity index (χ2n) is 6.86. The number of hydrogen-bond acceptors (Lipinski definition) is 1. The summed E-state index contributed by atoms with van der Waals surface area (Å²) in [7, 11) is 0. The fourth-order valence-electron chi connectivity index (χ4n) is 2.56. The number of rotatable bonds is 5. The first-order chi connectivity index (χ1) is 10.4. The van der Waals surface area contributed by atoms with Crippen molar-refractivity contribution < 1.29 is 4.74 Å². The van der Waals surface area contributed by atoms with E-state index in [1.807, 2.05) is 6.07 Å². The van der Waals surface area contributed by atoms with Gasteiger partial charge in [-0.25, -0.2) is 0 Å². The van der Waals surface area contributed by atoms with Gasteiger partial charge in [-0.05, 0) is 48.4 Å². The standard InChI is InChI=1S/C21H28O/c1-14(2)17-11-18(15(3)4)13-19(12-17)20-9-7-8-10-21(20)22-16(5)6/h7-16H,1-6H3.